The summed E-state index contributed by atoms with van der Waals surface area (Å²) in [7, 11) is 0. The van der Waals surface area contributed by atoms with Gasteiger partial charge in [0.1, 0.15) is 0 Å². The van der Waals surface area contributed by atoms with Gasteiger partial charge in [-0.2, -0.15) is 0 Å². The van der Waals surface area contributed by atoms with Crippen LogP contribution in [0.3, 0.4) is 0 Å². The highest BCUT2D eigenvalue weighted by Crippen LogP contribution is 2.16. The van der Waals surface area contributed by atoms with Gasteiger partial charge in [0.05, 0.1) is 92.5 Å². The first kappa shape index (κ1) is 23.9. The largest absolute Gasteiger partial charge is 0.377 e. The summed E-state index contributed by atoms with van der Waals surface area (Å²) in [5.41, 5.74) is 0. The van der Waals surface area contributed by atoms with E-state index < -0.39 is 11.9 Å². The Hall–Kier alpha value is -0.400. The minimum absolute atomic E-state index is 0.302. The molecule has 10 nitrogen and oxygen atoms in total. The van der Waals surface area contributed by atoms with Gasteiger partial charge < -0.3 is 47.4 Å². The maximum atomic E-state index is 5.73. The molecule has 0 aromatic carbocycles. The molecule has 3 aliphatic rings. The van der Waals surface area contributed by atoms with Gasteiger partial charge >= 0.3 is 0 Å². The van der Waals surface area contributed by atoms with Gasteiger partial charge in [-0.15, -0.1) is 0 Å². The first-order valence-electron chi connectivity index (χ1n) is 9.77. The monoisotopic (exact) mass is 410 g/mol. The Morgan fingerprint density at radius 2 is 0.500 bits per heavy atom. The van der Waals surface area contributed by atoms with E-state index in [9.17, 15) is 0 Å². The molecule has 3 heterocycles. The standard InChI is InChI=1S/C18H34O10/c1-17-23-11-5-19-3-4-20-6-12-24-18(2,27-15-9-21-7-13-25-17)28-16-10-22-8-14-26-17/h3-16H2,1-2H3. The number of hydrogen-bond donors (Lipinski definition) is 0. The van der Waals surface area contributed by atoms with E-state index in [4.69, 9.17) is 47.4 Å². The van der Waals surface area contributed by atoms with Crippen molar-refractivity contribution in [2.45, 2.75) is 25.8 Å². The molecule has 0 aromatic heterocycles. The highest BCUT2D eigenvalue weighted by atomic mass is 16.9. The fraction of sp³-hybridized carbons (Fsp3) is 1.00. The molecule has 0 atom stereocenters. The molecule has 3 rings (SSSR count). The van der Waals surface area contributed by atoms with Crippen molar-refractivity contribution in [3.63, 3.8) is 0 Å². The van der Waals surface area contributed by atoms with E-state index in [2.05, 4.69) is 0 Å². The van der Waals surface area contributed by atoms with Gasteiger partial charge in [-0.3, -0.25) is 0 Å². The first-order chi connectivity index (χ1) is 13.6. The molecule has 3 saturated heterocycles. The molecule has 2 bridgehead atoms. The smallest absolute Gasteiger partial charge is 0.280 e. The third-order valence-electron chi connectivity index (χ3n) is 3.92. The average Bonchev–Trinajstić information content (AvgIpc) is 2.67. The topological polar surface area (TPSA) is 92.3 Å². The molecule has 3 aliphatic heterocycles. The quantitative estimate of drug-likeness (QED) is 0.527. The Balaban J connectivity index is 1.98. The second-order valence-electron chi connectivity index (χ2n) is 6.27. The van der Waals surface area contributed by atoms with Crippen LogP contribution < -0.4 is 0 Å². The van der Waals surface area contributed by atoms with Crippen molar-refractivity contribution < 1.29 is 47.4 Å². The van der Waals surface area contributed by atoms with Crippen LogP contribution in [0.5, 0.6) is 0 Å². The molecule has 0 spiro atoms. The van der Waals surface area contributed by atoms with Gasteiger partial charge in [0.2, 0.25) is 0 Å². The molecule has 0 saturated carbocycles. The molecule has 10 heteroatoms. The van der Waals surface area contributed by atoms with E-state index in [1.165, 1.54) is 0 Å². The summed E-state index contributed by atoms with van der Waals surface area (Å²) in [6, 6.07) is 0. The summed E-state index contributed by atoms with van der Waals surface area (Å²) in [6.07, 6.45) is 0. The Bertz CT molecular complexity index is 343. The number of hydrogen-bond acceptors (Lipinski definition) is 10. The zero-order chi connectivity index (χ0) is 20.0. The molecule has 166 valence electrons. The number of fused-ring (bicyclic) bond motifs is 21. The Morgan fingerprint density at radius 3 is 0.714 bits per heavy atom. The van der Waals surface area contributed by atoms with Crippen LogP contribution in [0.2, 0.25) is 0 Å². The van der Waals surface area contributed by atoms with E-state index in [1.54, 1.807) is 13.8 Å². The van der Waals surface area contributed by atoms with Crippen LogP contribution in [-0.2, 0) is 47.4 Å². The fourth-order valence-corrected chi connectivity index (χ4v) is 2.49. The van der Waals surface area contributed by atoms with Crippen molar-refractivity contribution >= 4 is 0 Å². The summed E-state index contributed by atoms with van der Waals surface area (Å²) in [5.74, 6) is -2.40. The summed E-state index contributed by atoms with van der Waals surface area (Å²) in [5, 5.41) is 0. The van der Waals surface area contributed by atoms with Gasteiger partial charge in [-0.25, -0.2) is 0 Å². The van der Waals surface area contributed by atoms with Gasteiger partial charge in [-0.1, -0.05) is 0 Å². The molecular weight excluding hydrogens is 376 g/mol. The SMILES string of the molecule is CC12OCCOCCOCCOC(C)(OCCOCCO1)OCCOCCO2. The van der Waals surface area contributed by atoms with Crippen molar-refractivity contribution in [1.82, 2.24) is 0 Å². The lowest BCUT2D eigenvalue weighted by Crippen LogP contribution is -2.40. The van der Waals surface area contributed by atoms with E-state index in [0.717, 1.165) is 0 Å². The highest BCUT2D eigenvalue weighted by molar-refractivity contribution is 4.53. The van der Waals surface area contributed by atoms with Crippen LogP contribution >= 0.6 is 0 Å². The zero-order valence-electron chi connectivity index (χ0n) is 17.0. The van der Waals surface area contributed by atoms with Gasteiger partial charge in [-0.05, 0) is 0 Å². The summed E-state index contributed by atoms with van der Waals surface area (Å²) in [4.78, 5) is 0. The second-order valence-corrected chi connectivity index (χ2v) is 6.27. The predicted octanol–water partition coefficient (Wildman–Crippen LogP) is 0.527. The summed E-state index contributed by atoms with van der Waals surface area (Å²) in [6.45, 7) is 8.45. The lowest BCUT2D eigenvalue weighted by molar-refractivity contribution is -0.380. The Labute approximate surface area is 166 Å². The van der Waals surface area contributed by atoms with Crippen molar-refractivity contribution in [2.75, 3.05) is 92.5 Å². The molecule has 0 unspecified atom stereocenters. The minimum Gasteiger partial charge on any atom is -0.377 e. The van der Waals surface area contributed by atoms with E-state index in [1.807, 2.05) is 0 Å². The molecule has 0 aliphatic carbocycles. The van der Waals surface area contributed by atoms with Crippen molar-refractivity contribution in [3.05, 3.63) is 0 Å². The van der Waals surface area contributed by atoms with Crippen LogP contribution in [0.25, 0.3) is 0 Å². The lowest BCUT2D eigenvalue weighted by Gasteiger charge is -2.31. The molecular formula is C18H34O10. The third kappa shape index (κ3) is 10.4. The fourth-order valence-electron chi connectivity index (χ4n) is 2.49. The maximum Gasteiger partial charge on any atom is 0.280 e. The van der Waals surface area contributed by atoms with Crippen molar-refractivity contribution in [3.8, 4) is 0 Å². The molecule has 28 heavy (non-hydrogen) atoms. The molecule has 0 aromatic rings. The van der Waals surface area contributed by atoms with Crippen LogP contribution in [0.15, 0.2) is 0 Å². The van der Waals surface area contributed by atoms with Gasteiger partial charge in [0, 0.05) is 13.8 Å². The van der Waals surface area contributed by atoms with Crippen LogP contribution in [0, 0.1) is 0 Å². The molecule has 3 fully saturated rings. The van der Waals surface area contributed by atoms with Crippen LogP contribution in [0.1, 0.15) is 13.8 Å². The lowest BCUT2D eigenvalue weighted by atomic mass is 10.5. The highest BCUT2D eigenvalue weighted by Gasteiger charge is 2.29. The Kier molecular flexibility index (Phi) is 11.7. The van der Waals surface area contributed by atoms with Gasteiger partial charge in [0.25, 0.3) is 11.9 Å². The average molecular weight is 410 g/mol. The van der Waals surface area contributed by atoms with E-state index >= 15 is 0 Å². The normalized spacial score (nSPS) is 34.5. The van der Waals surface area contributed by atoms with E-state index in [0.29, 0.717) is 92.5 Å². The van der Waals surface area contributed by atoms with Gasteiger partial charge in [0.15, 0.2) is 0 Å². The third-order valence-corrected chi connectivity index (χ3v) is 3.92. The van der Waals surface area contributed by atoms with Crippen molar-refractivity contribution in [2.24, 2.45) is 0 Å². The number of rotatable bonds is 0. The maximum absolute atomic E-state index is 5.73. The second kappa shape index (κ2) is 13.8. The minimum atomic E-state index is -1.20. The summed E-state index contributed by atoms with van der Waals surface area (Å²) >= 11 is 0. The molecule has 0 radical (unpaired) electrons. The molecule has 0 amide bonds. The predicted molar refractivity (Wildman–Crippen MR) is 95.8 cm³/mol. The van der Waals surface area contributed by atoms with E-state index in [-0.39, 0.29) is 0 Å². The Morgan fingerprint density at radius 1 is 0.321 bits per heavy atom. The van der Waals surface area contributed by atoms with Crippen LogP contribution in [-0.4, -0.2) is 104 Å². The molecule has 0 N–H and O–H groups in total. The zero-order valence-corrected chi connectivity index (χ0v) is 17.0. The number of ether oxygens (including phenoxy) is 10. The first-order valence-corrected chi connectivity index (χ1v) is 9.77. The summed E-state index contributed by atoms with van der Waals surface area (Å²) < 4.78 is 56.5. The van der Waals surface area contributed by atoms with Crippen molar-refractivity contribution in [1.29, 1.82) is 0 Å². The van der Waals surface area contributed by atoms with Crippen LogP contribution in [0.4, 0.5) is 0 Å².